The van der Waals surface area contributed by atoms with E-state index >= 15 is 0 Å². The summed E-state index contributed by atoms with van der Waals surface area (Å²) >= 11 is 0. The van der Waals surface area contributed by atoms with Crippen molar-refractivity contribution in [1.82, 2.24) is 0 Å². The Kier molecular flexibility index (Phi) is 12.1. The Bertz CT molecular complexity index is 1600. The number of fused-ring (bicyclic) bond motifs is 2. The van der Waals surface area contributed by atoms with E-state index in [0.29, 0.717) is 0 Å². The molecule has 6 aromatic rings. The van der Waals surface area contributed by atoms with Crippen molar-refractivity contribution in [3.63, 3.8) is 0 Å². The van der Waals surface area contributed by atoms with Gasteiger partial charge in [-0.2, -0.15) is 12.1 Å². The number of rotatable bonds is 4. The third-order valence-corrected chi connectivity index (χ3v) is 7.76. The Labute approximate surface area is 254 Å². The van der Waals surface area contributed by atoms with Crippen LogP contribution in [0.1, 0.15) is 18.1 Å². The predicted octanol–water partition coefficient (Wildman–Crippen LogP) is 9.78. The molecule has 192 valence electrons. The standard InChI is InChI=1S/C16H14P.C16H13.C5H8.Zr/c1-12-6-2-5-9-16(12)17-15-10-13-7-3-4-8-14(13)11-15;1-12-10-14-8-5-9-15(16(14)11-12)13-6-3-2-4-7-13;1-3-5-4-2;/h2-11,17H,1H3;2-11H,1H3;3-5H,1H2,2H3;/q2*-1;;+2. The molecule has 0 nitrogen and oxygen atoms in total. The minimum atomic E-state index is 0. The van der Waals surface area contributed by atoms with Gasteiger partial charge in [0.2, 0.25) is 0 Å². The van der Waals surface area contributed by atoms with Crippen molar-refractivity contribution >= 4 is 40.7 Å². The van der Waals surface area contributed by atoms with E-state index in [1.54, 1.807) is 6.08 Å². The van der Waals surface area contributed by atoms with Gasteiger partial charge in [0, 0.05) is 0 Å². The van der Waals surface area contributed by atoms with Gasteiger partial charge in [0.05, 0.1) is 0 Å². The maximum Gasteiger partial charge on any atom is 2.00 e. The second kappa shape index (κ2) is 15.5. The molecule has 6 rings (SSSR count). The van der Waals surface area contributed by atoms with Crippen LogP contribution >= 0.6 is 8.58 Å². The van der Waals surface area contributed by atoms with Gasteiger partial charge < -0.3 is 0 Å². The second-order valence-electron chi connectivity index (χ2n) is 9.28. The maximum atomic E-state index is 3.46. The first-order valence-electron chi connectivity index (χ1n) is 13.0. The zero-order valence-corrected chi connectivity index (χ0v) is 26.4. The number of hydrogen-bond donors (Lipinski definition) is 0. The van der Waals surface area contributed by atoms with Crippen LogP contribution in [0, 0.1) is 13.8 Å². The quantitative estimate of drug-likeness (QED) is 0.107. The van der Waals surface area contributed by atoms with Crippen LogP contribution in [-0.4, -0.2) is 0 Å². The first kappa shape index (κ1) is 30.4. The van der Waals surface area contributed by atoms with Gasteiger partial charge in [0.15, 0.2) is 0 Å². The topological polar surface area (TPSA) is 0 Å². The SMILES string of the molecule is C=CC=CC.Cc1cc2c(-c3ccccc3)cccc2[cH-]1.Cc1ccccc1Pc1cc2ccccc2[cH-]1.[Zr+2]. The molecule has 0 saturated carbocycles. The van der Waals surface area contributed by atoms with E-state index in [4.69, 9.17) is 0 Å². The summed E-state index contributed by atoms with van der Waals surface area (Å²) in [7, 11) is 0.759. The molecule has 0 aliphatic rings. The van der Waals surface area contributed by atoms with E-state index in [1.807, 2.05) is 19.1 Å². The molecule has 0 heterocycles. The third-order valence-electron chi connectivity index (χ3n) is 6.35. The molecule has 0 radical (unpaired) electrons. The monoisotopic (exact) mass is 600 g/mol. The van der Waals surface area contributed by atoms with Crippen LogP contribution in [0.5, 0.6) is 0 Å². The van der Waals surface area contributed by atoms with Gasteiger partial charge in [-0.1, -0.05) is 113 Å². The molecule has 39 heavy (non-hydrogen) atoms. The van der Waals surface area contributed by atoms with Crippen LogP contribution in [0.4, 0.5) is 0 Å². The Hall–Kier alpha value is -3.11. The Morgan fingerprint density at radius 3 is 2.10 bits per heavy atom. The predicted molar refractivity (Wildman–Crippen MR) is 173 cm³/mol. The van der Waals surface area contributed by atoms with Crippen LogP contribution < -0.4 is 10.6 Å². The number of hydrogen-bond acceptors (Lipinski definition) is 0. The molecule has 0 aliphatic heterocycles. The molecule has 0 bridgehead atoms. The zero-order chi connectivity index (χ0) is 26.7. The molecule has 1 unspecified atom stereocenters. The third kappa shape index (κ3) is 8.44. The van der Waals surface area contributed by atoms with Crippen LogP contribution in [0.2, 0.25) is 0 Å². The molecular weight excluding hydrogens is 567 g/mol. The number of aryl methyl sites for hydroxylation is 2. The van der Waals surface area contributed by atoms with Gasteiger partial charge in [0.25, 0.3) is 0 Å². The van der Waals surface area contributed by atoms with Crippen molar-refractivity contribution < 1.29 is 26.2 Å². The first-order chi connectivity index (χ1) is 18.6. The van der Waals surface area contributed by atoms with E-state index < -0.39 is 0 Å². The summed E-state index contributed by atoms with van der Waals surface area (Å²) < 4.78 is 0. The minimum absolute atomic E-state index is 0. The van der Waals surface area contributed by atoms with Crippen LogP contribution in [-0.2, 0) is 26.2 Å². The summed E-state index contributed by atoms with van der Waals surface area (Å²) in [4.78, 5) is 0. The molecule has 0 aliphatic carbocycles. The molecular formula is C37H35PZr. The van der Waals surface area contributed by atoms with Gasteiger partial charge in [-0.15, -0.1) is 74.9 Å². The fourth-order valence-corrected chi connectivity index (χ4v) is 5.71. The van der Waals surface area contributed by atoms with Gasteiger partial charge >= 0.3 is 26.2 Å². The van der Waals surface area contributed by atoms with Crippen LogP contribution in [0.25, 0.3) is 32.7 Å². The van der Waals surface area contributed by atoms with Crippen molar-refractivity contribution in [3.8, 4) is 11.1 Å². The summed E-state index contributed by atoms with van der Waals surface area (Å²) in [5.74, 6) is 0. The Balaban J connectivity index is 0.000000181. The normalized spacial score (nSPS) is 10.6. The summed E-state index contributed by atoms with van der Waals surface area (Å²) in [6, 6.07) is 43.4. The molecule has 0 spiro atoms. The van der Waals surface area contributed by atoms with Gasteiger partial charge in [-0.3, -0.25) is 0 Å². The number of benzene rings is 4. The second-order valence-corrected chi connectivity index (χ2v) is 10.6. The van der Waals surface area contributed by atoms with Crippen molar-refractivity contribution in [2.45, 2.75) is 20.8 Å². The Morgan fingerprint density at radius 1 is 0.718 bits per heavy atom. The van der Waals surface area contributed by atoms with Crippen molar-refractivity contribution in [1.29, 1.82) is 0 Å². The van der Waals surface area contributed by atoms with Crippen LogP contribution in [0.15, 0.2) is 146 Å². The maximum absolute atomic E-state index is 3.46. The van der Waals surface area contributed by atoms with Crippen molar-refractivity contribution in [3.05, 3.63) is 157 Å². The summed E-state index contributed by atoms with van der Waals surface area (Å²) in [6.07, 6.45) is 5.58. The summed E-state index contributed by atoms with van der Waals surface area (Å²) in [5, 5.41) is 8.26. The molecule has 2 heteroatoms. The minimum Gasteiger partial charge on any atom is -0.165 e. The van der Waals surface area contributed by atoms with E-state index in [1.165, 1.54) is 54.4 Å². The Morgan fingerprint density at radius 2 is 1.41 bits per heavy atom. The van der Waals surface area contributed by atoms with Crippen LogP contribution in [0.3, 0.4) is 0 Å². The fourth-order valence-electron chi connectivity index (χ4n) is 4.48. The summed E-state index contributed by atoms with van der Waals surface area (Å²) in [6.45, 7) is 9.76. The zero-order valence-electron chi connectivity index (χ0n) is 23.0. The molecule has 6 aromatic carbocycles. The van der Waals surface area contributed by atoms with Crippen molar-refractivity contribution in [2.24, 2.45) is 0 Å². The van der Waals surface area contributed by atoms with E-state index in [9.17, 15) is 0 Å². The first-order valence-corrected chi connectivity index (χ1v) is 14.0. The van der Waals surface area contributed by atoms with E-state index in [-0.39, 0.29) is 26.2 Å². The average Bonchev–Trinajstić information content (AvgIpc) is 3.53. The largest absolute Gasteiger partial charge is 2.00 e. The molecule has 0 saturated heterocycles. The molecule has 0 N–H and O–H groups in total. The smallest absolute Gasteiger partial charge is 0.165 e. The summed E-state index contributed by atoms with van der Waals surface area (Å²) in [5.41, 5.74) is 5.33. The van der Waals surface area contributed by atoms with E-state index in [2.05, 4.69) is 142 Å². The fraction of sp³-hybridized carbons (Fsp3) is 0.0811. The molecule has 1 atom stereocenters. The van der Waals surface area contributed by atoms with Gasteiger partial charge in [0.1, 0.15) is 0 Å². The van der Waals surface area contributed by atoms with Gasteiger partial charge in [-0.05, 0) is 30.3 Å². The van der Waals surface area contributed by atoms with Gasteiger partial charge in [-0.25, -0.2) is 0 Å². The number of allylic oxidation sites excluding steroid dienone is 3. The molecule has 0 amide bonds. The average molecular weight is 602 g/mol. The molecule has 0 fully saturated rings. The van der Waals surface area contributed by atoms with E-state index in [0.717, 1.165) is 8.58 Å². The molecule has 0 aromatic heterocycles. The van der Waals surface area contributed by atoms with Crippen molar-refractivity contribution in [2.75, 3.05) is 0 Å².